The van der Waals surface area contributed by atoms with Crippen LogP contribution in [-0.2, 0) is 0 Å². The number of anilines is 1. The monoisotopic (exact) mass is 285 g/mol. The molecule has 1 fully saturated rings. The number of benzene rings is 1. The number of hydrogen-bond acceptors (Lipinski definition) is 4. The van der Waals surface area contributed by atoms with Crippen LogP contribution < -0.4 is 10.1 Å². The van der Waals surface area contributed by atoms with E-state index in [-0.39, 0.29) is 5.75 Å². The van der Waals surface area contributed by atoms with Crippen LogP contribution in [0.2, 0.25) is 0 Å². The van der Waals surface area contributed by atoms with Crippen LogP contribution in [0.5, 0.6) is 5.75 Å². The number of ether oxygens (including phenoxy) is 1. The lowest BCUT2D eigenvalue weighted by atomic mass is 10.3. The van der Waals surface area contributed by atoms with E-state index in [1.54, 1.807) is 24.3 Å². The molecule has 112 valence electrons. The van der Waals surface area contributed by atoms with Gasteiger partial charge in [-0.15, -0.1) is 0 Å². The number of rotatable bonds is 6. The Bertz CT molecular complexity index is 392. The van der Waals surface area contributed by atoms with Crippen molar-refractivity contribution < 1.29 is 13.5 Å². The Morgan fingerprint density at radius 1 is 1.15 bits per heavy atom. The summed E-state index contributed by atoms with van der Waals surface area (Å²) in [5.41, 5.74) is 0.917. The Balaban J connectivity index is 1.69. The van der Waals surface area contributed by atoms with Crippen LogP contribution in [0, 0.1) is 0 Å². The van der Waals surface area contributed by atoms with Crippen LogP contribution in [0.15, 0.2) is 24.3 Å². The molecule has 1 aliphatic rings. The molecule has 4 nitrogen and oxygen atoms in total. The van der Waals surface area contributed by atoms with E-state index in [2.05, 4.69) is 26.9 Å². The van der Waals surface area contributed by atoms with Gasteiger partial charge in [-0.25, -0.2) is 0 Å². The molecule has 0 bridgehead atoms. The van der Waals surface area contributed by atoms with Crippen molar-refractivity contribution in [3.63, 3.8) is 0 Å². The summed E-state index contributed by atoms with van der Waals surface area (Å²) >= 11 is 0. The van der Waals surface area contributed by atoms with E-state index in [4.69, 9.17) is 0 Å². The first-order valence-electron chi connectivity index (χ1n) is 6.83. The predicted molar refractivity (Wildman–Crippen MR) is 75.5 cm³/mol. The Morgan fingerprint density at radius 2 is 1.80 bits per heavy atom. The fourth-order valence-electron chi connectivity index (χ4n) is 2.18. The van der Waals surface area contributed by atoms with E-state index in [0.717, 1.165) is 45.0 Å². The predicted octanol–water partition coefficient (Wildman–Crippen LogP) is 1.95. The van der Waals surface area contributed by atoms with Gasteiger partial charge in [0.15, 0.2) is 0 Å². The van der Waals surface area contributed by atoms with Gasteiger partial charge < -0.3 is 15.0 Å². The van der Waals surface area contributed by atoms with Gasteiger partial charge in [0.25, 0.3) is 0 Å². The molecule has 1 aromatic carbocycles. The number of piperazine rings is 1. The van der Waals surface area contributed by atoms with Crippen molar-refractivity contribution >= 4 is 5.69 Å². The smallest absolute Gasteiger partial charge is 0.387 e. The van der Waals surface area contributed by atoms with Crippen molar-refractivity contribution in [2.75, 3.05) is 51.6 Å². The van der Waals surface area contributed by atoms with Crippen molar-refractivity contribution in [3.8, 4) is 5.75 Å². The third kappa shape index (κ3) is 4.94. The molecule has 6 heteroatoms. The second-order valence-electron chi connectivity index (χ2n) is 4.97. The maximum absolute atomic E-state index is 12.0. The fourth-order valence-corrected chi connectivity index (χ4v) is 2.18. The summed E-state index contributed by atoms with van der Waals surface area (Å²) in [6.45, 7) is 3.48. The molecular formula is C14H21F2N3O. The Morgan fingerprint density at radius 3 is 2.40 bits per heavy atom. The fraction of sp³-hybridized carbons (Fsp3) is 0.571. The summed E-state index contributed by atoms with van der Waals surface area (Å²) < 4.78 is 28.3. The first-order valence-corrected chi connectivity index (χ1v) is 6.83. The van der Waals surface area contributed by atoms with Crippen molar-refractivity contribution in [1.29, 1.82) is 0 Å². The van der Waals surface area contributed by atoms with E-state index in [0.29, 0.717) is 0 Å². The number of nitrogens with zero attached hydrogens (tertiary/aromatic N) is 2. The molecule has 0 radical (unpaired) electrons. The molecule has 0 spiro atoms. The molecule has 0 aliphatic carbocycles. The summed E-state index contributed by atoms with van der Waals surface area (Å²) in [5.74, 6) is 0.185. The number of hydrogen-bond donors (Lipinski definition) is 1. The zero-order valence-electron chi connectivity index (χ0n) is 11.7. The largest absolute Gasteiger partial charge is 0.435 e. The maximum atomic E-state index is 12.0. The minimum Gasteiger partial charge on any atom is -0.435 e. The minimum absolute atomic E-state index is 0.185. The quantitative estimate of drug-likeness (QED) is 0.864. The molecule has 1 aromatic rings. The average molecular weight is 285 g/mol. The minimum atomic E-state index is -2.77. The van der Waals surface area contributed by atoms with Crippen LogP contribution in [0.3, 0.4) is 0 Å². The molecule has 2 rings (SSSR count). The van der Waals surface area contributed by atoms with Gasteiger partial charge in [0.05, 0.1) is 0 Å². The molecule has 0 unspecified atom stereocenters. The van der Waals surface area contributed by atoms with Gasteiger partial charge in [0, 0.05) is 45.0 Å². The lowest BCUT2D eigenvalue weighted by Gasteiger charge is -2.32. The van der Waals surface area contributed by atoms with Gasteiger partial charge in [-0.3, -0.25) is 4.90 Å². The Kier molecular flexibility index (Phi) is 5.55. The number of nitrogens with one attached hydrogen (secondary N) is 1. The van der Waals surface area contributed by atoms with Gasteiger partial charge in [0.2, 0.25) is 0 Å². The first kappa shape index (κ1) is 15.0. The normalized spacial score (nSPS) is 17.4. The SMILES string of the molecule is CN1CCN(CCNc2ccc(OC(F)F)cc2)CC1. The zero-order valence-corrected chi connectivity index (χ0v) is 11.7. The molecule has 0 atom stereocenters. The topological polar surface area (TPSA) is 27.7 Å². The highest BCUT2D eigenvalue weighted by Gasteiger charge is 2.12. The molecule has 1 heterocycles. The molecule has 0 aromatic heterocycles. The van der Waals surface area contributed by atoms with Gasteiger partial charge in [-0.1, -0.05) is 0 Å². The van der Waals surface area contributed by atoms with Crippen LogP contribution >= 0.6 is 0 Å². The Labute approximate surface area is 118 Å². The number of halogens is 2. The summed E-state index contributed by atoms with van der Waals surface area (Å²) in [7, 11) is 2.14. The molecule has 1 N–H and O–H groups in total. The van der Waals surface area contributed by atoms with E-state index in [1.165, 1.54) is 0 Å². The molecule has 20 heavy (non-hydrogen) atoms. The molecule has 0 saturated carbocycles. The highest BCUT2D eigenvalue weighted by molar-refractivity contribution is 5.46. The van der Waals surface area contributed by atoms with Crippen LogP contribution in [-0.4, -0.2) is 62.7 Å². The Hall–Kier alpha value is -1.40. The van der Waals surface area contributed by atoms with Gasteiger partial charge in [-0.05, 0) is 31.3 Å². The van der Waals surface area contributed by atoms with Crippen LogP contribution in [0.25, 0.3) is 0 Å². The average Bonchev–Trinajstić information content (AvgIpc) is 2.42. The van der Waals surface area contributed by atoms with E-state index in [1.807, 2.05) is 0 Å². The lowest BCUT2D eigenvalue weighted by Crippen LogP contribution is -2.45. The van der Waals surface area contributed by atoms with Crippen molar-refractivity contribution in [1.82, 2.24) is 9.80 Å². The molecule has 0 amide bonds. The summed E-state index contributed by atoms with van der Waals surface area (Å²) in [4.78, 5) is 4.74. The van der Waals surface area contributed by atoms with Gasteiger partial charge in [-0.2, -0.15) is 8.78 Å². The second kappa shape index (κ2) is 7.40. The van der Waals surface area contributed by atoms with Gasteiger partial charge >= 0.3 is 6.61 Å². The standard InChI is InChI=1S/C14H21F2N3O/c1-18-8-10-19(11-9-18)7-6-17-12-2-4-13(5-3-12)20-14(15)16/h2-5,14,17H,6-11H2,1H3. The van der Waals surface area contributed by atoms with Crippen LogP contribution in [0.4, 0.5) is 14.5 Å². The van der Waals surface area contributed by atoms with Crippen LogP contribution in [0.1, 0.15) is 0 Å². The van der Waals surface area contributed by atoms with Crippen molar-refractivity contribution in [2.24, 2.45) is 0 Å². The number of alkyl halides is 2. The first-order chi connectivity index (χ1) is 9.63. The summed E-state index contributed by atoms with van der Waals surface area (Å²) in [6, 6.07) is 6.60. The third-order valence-electron chi connectivity index (χ3n) is 3.43. The van der Waals surface area contributed by atoms with E-state index >= 15 is 0 Å². The van der Waals surface area contributed by atoms with E-state index < -0.39 is 6.61 Å². The third-order valence-corrected chi connectivity index (χ3v) is 3.43. The zero-order chi connectivity index (χ0) is 14.4. The van der Waals surface area contributed by atoms with E-state index in [9.17, 15) is 8.78 Å². The second-order valence-corrected chi connectivity index (χ2v) is 4.97. The highest BCUT2D eigenvalue weighted by atomic mass is 19.3. The highest BCUT2D eigenvalue weighted by Crippen LogP contribution is 2.17. The molecule has 1 aliphatic heterocycles. The van der Waals surface area contributed by atoms with Crippen molar-refractivity contribution in [3.05, 3.63) is 24.3 Å². The molecule has 1 saturated heterocycles. The lowest BCUT2D eigenvalue weighted by molar-refractivity contribution is -0.0498. The van der Waals surface area contributed by atoms with Crippen molar-refractivity contribution in [2.45, 2.75) is 6.61 Å². The molecular weight excluding hydrogens is 264 g/mol. The van der Waals surface area contributed by atoms with Gasteiger partial charge in [0.1, 0.15) is 5.75 Å². The summed E-state index contributed by atoms with van der Waals surface area (Å²) in [5, 5.41) is 3.29. The number of likely N-dealkylation sites (N-methyl/N-ethyl adjacent to an activating group) is 1. The maximum Gasteiger partial charge on any atom is 0.387 e. The summed E-state index contributed by atoms with van der Waals surface area (Å²) in [6.07, 6.45) is 0.